The average molecular weight is 401 g/mol. The van der Waals surface area contributed by atoms with Gasteiger partial charge in [-0.15, -0.1) is 11.8 Å². The lowest BCUT2D eigenvalue weighted by atomic mass is 10.1. The zero-order chi connectivity index (χ0) is 18.7. The van der Waals surface area contributed by atoms with Gasteiger partial charge in [0, 0.05) is 5.25 Å². The summed E-state index contributed by atoms with van der Waals surface area (Å²) in [6.07, 6.45) is 0.560. The van der Waals surface area contributed by atoms with Crippen molar-refractivity contribution in [3.63, 3.8) is 0 Å². The van der Waals surface area contributed by atoms with Crippen molar-refractivity contribution in [2.45, 2.75) is 18.6 Å². The maximum atomic E-state index is 12.2. The third-order valence-corrected chi connectivity index (χ3v) is 7.18. The Labute approximate surface area is 155 Å². The van der Waals surface area contributed by atoms with E-state index in [1.54, 1.807) is 6.92 Å². The van der Waals surface area contributed by atoms with Crippen molar-refractivity contribution in [2.24, 2.45) is 0 Å². The van der Waals surface area contributed by atoms with Crippen LogP contribution in [0.25, 0.3) is 0 Å². The summed E-state index contributed by atoms with van der Waals surface area (Å²) in [7, 11) is -2.97. The number of rotatable bonds is 6. The number of anilines is 1. The lowest BCUT2D eigenvalue weighted by molar-refractivity contribution is -0.113. The summed E-state index contributed by atoms with van der Waals surface area (Å²) in [4.78, 5) is 24.2. The van der Waals surface area contributed by atoms with Crippen LogP contribution in [0.1, 0.15) is 23.7 Å². The van der Waals surface area contributed by atoms with Gasteiger partial charge in [-0.3, -0.25) is 4.79 Å². The third kappa shape index (κ3) is 4.42. The molecule has 1 N–H and O–H groups in total. The minimum Gasteiger partial charge on any atom is -0.462 e. The fraction of sp³-hybridized carbons (Fsp3) is 0.500. The highest BCUT2D eigenvalue weighted by Crippen LogP contribution is 2.40. The summed E-state index contributed by atoms with van der Waals surface area (Å²) in [5.74, 6) is 0.284. The Balaban J connectivity index is 1.66. The van der Waals surface area contributed by atoms with Crippen LogP contribution in [0.3, 0.4) is 0 Å². The van der Waals surface area contributed by atoms with E-state index < -0.39 is 15.8 Å². The lowest BCUT2D eigenvalue weighted by Crippen LogP contribution is -2.18. The summed E-state index contributed by atoms with van der Waals surface area (Å²) >= 11 is 1.31. The van der Waals surface area contributed by atoms with Crippen LogP contribution in [0.4, 0.5) is 5.69 Å². The van der Waals surface area contributed by atoms with Crippen molar-refractivity contribution in [3.05, 3.63) is 17.7 Å². The van der Waals surface area contributed by atoms with E-state index in [1.807, 2.05) is 0 Å². The van der Waals surface area contributed by atoms with Crippen LogP contribution < -0.4 is 14.8 Å². The monoisotopic (exact) mass is 401 g/mol. The van der Waals surface area contributed by atoms with Crippen molar-refractivity contribution < 1.29 is 32.2 Å². The third-order valence-electron chi connectivity index (χ3n) is 3.90. The van der Waals surface area contributed by atoms with Gasteiger partial charge in [-0.25, -0.2) is 13.2 Å². The highest BCUT2D eigenvalue weighted by atomic mass is 32.2. The zero-order valence-corrected chi connectivity index (χ0v) is 15.8. The summed E-state index contributed by atoms with van der Waals surface area (Å²) in [5.41, 5.74) is 0.577. The van der Waals surface area contributed by atoms with Gasteiger partial charge in [0.15, 0.2) is 21.3 Å². The molecular weight excluding hydrogens is 382 g/mol. The second-order valence-electron chi connectivity index (χ2n) is 5.86. The predicted octanol–water partition coefficient (Wildman–Crippen LogP) is 1.45. The minimum atomic E-state index is -2.97. The van der Waals surface area contributed by atoms with E-state index >= 15 is 0 Å². The van der Waals surface area contributed by atoms with Crippen LogP contribution in [0.2, 0.25) is 0 Å². The molecule has 26 heavy (non-hydrogen) atoms. The number of benzene rings is 1. The topological polar surface area (TPSA) is 108 Å². The fourth-order valence-corrected chi connectivity index (χ4v) is 6.15. The van der Waals surface area contributed by atoms with Gasteiger partial charge in [0.05, 0.1) is 35.1 Å². The number of thioether (sulfide) groups is 1. The fourth-order valence-electron chi connectivity index (χ4n) is 2.71. The molecule has 2 aliphatic heterocycles. The first kappa shape index (κ1) is 18.8. The maximum absolute atomic E-state index is 12.2. The van der Waals surface area contributed by atoms with Crippen LogP contribution in [0.5, 0.6) is 11.5 Å². The quantitative estimate of drug-likeness (QED) is 0.714. The largest absolute Gasteiger partial charge is 0.462 e. The molecule has 1 fully saturated rings. The number of ether oxygens (including phenoxy) is 3. The first-order valence-electron chi connectivity index (χ1n) is 8.10. The van der Waals surface area contributed by atoms with E-state index in [0.717, 1.165) is 0 Å². The smallest absolute Gasteiger partial charge is 0.338 e. The van der Waals surface area contributed by atoms with Gasteiger partial charge in [-0.2, -0.15) is 0 Å². The van der Waals surface area contributed by atoms with Crippen LogP contribution in [-0.4, -0.2) is 56.2 Å². The molecule has 1 aromatic rings. The van der Waals surface area contributed by atoms with E-state index in [0.29, 0.717) is 23.6 Å². The predicted molar refractivity (Wildman–Crippen MR) is 96.7 cm³/mol. The number of hydrogen-bond acceptors (Lipinski definition) is 8. The number of sulfone groups is 1. The Morgan fingerprint density at radius 3 is 2.85 bits per heavy atom. The molecule has 142 valence electrons. The minimum absolute atomic E-state index is 0.000827. The zero-order valence-electron chi connectivity index (χ0n) is 14.1. The summed E-state index contributed by atoms with van der Waals surface area (Å²) in [5, 5.41) is 2.63. The van der Waals surface area contributed by atoms with Gasteiger partial charge in [-0.1, -0.05) is 0 Å². The van der Waals surface area contributed by atoms with Crippen molar-refractivity contribution in [3.8, 4) is 11.5 Å². The highest BCUT2D eigenvalue weighted by molar-refractivity contribution is 8.02. The summed E-state index contributed by atoms with van der Waals surface area (Å²) in [6, 6.07) is 2.99. The first-order valence-corrected chi connectivity index (χ1v) is 11.0. The van der Waals surface area contributed by atoms with Crippen molar-refractivity contribution in [2.75, 3.05) is 36.0 Å². The number of fused-ring (bicyclic) bond motifs is 1. The van der Waals surface area contributed by atoms with Crippen molar-refractivity contribution in [1.82, 2.24) is 0 Å². The van der Waals surface area contributed by atoms with E-state index in [4.69, 9.17) is 14.2 Å². The Morgan fingerprint density at radius 2 is 2.15 bits per heavy atom. The molecule has 0 aromatic heterocycles. The molecule has 3 rings (SSSR count). The molecule has 10 heteroatoms. The van der Waals surface area contributed by atoms with Crippen LogP contribution in [0.15, 0.2) is 12.1 Å². The molecule has 1 saturated heterocycles. The number of hydrogen-bond donors (Lipinski definition) is 1. The van der Waals surface area contributed by atoms with Gasteiger partial charge in [0.1, 0.15) is 0 Å². The molecule has 1 atom stereocenters. The number of carbonyl (C=O) groups excluding carboxylic acids is 2. The second-order valence-corrected chi connectivity index (χ2v) is 9.38. The molecule has 0 radical (unpaired) electrons. The molecular formula is C16H19NO7S2. The SMILES string of the molecule is CCOC(=O)c1cc(NC(=O)CS[C@@H]2CCS(=O)(=O)C2)c2c(c1)OCO2. The number of carbonyl (C=O) groups is 2. The summed E-state index contributed by atoms with van der Waals surface area (Å²) < 4.78 is 38.6. The van der Waals surface area contributed by atoms with Gasteiger partial charge in [-0.05, 0) is 25.5 Å². The molecule has 1 aromatic carbocycles. The van der Waals surface area contributed by atoms with Gasteiger partial charge in [0.25, 0.3) is 0 Å². The van der Waals surface area contributed by atoms with Crippen LogP contribution in [0, 0.1) is 0 Å². The normalized spacial score (nSPS) is 20.0. The molecule has 0 bridgehead atoms. The first-order chi connectivity index (χ1) is 12.4. The Bertz CT molecular complexity index is 822. The van der Waals surface area contributed by atoms with E-state index in [-0.39, 0.29) is 47.4 Å². The number of amides is 1. The number of nitrogens with one attached hydrogen (secondary N) is 1. The van der Waals surface area contributed by atoms with Gasteiger partial charge in [0.2, 0.25) is 12.7 Å². The van der Waals surface area contributed by atoms with E-state index in [1.165, 1.54) is 23.9 Å². The Kier molecular flexibility index (Phi) is 5.61. The maximum Gasteiger partial charge on any atom is 0.338 e. The molecule has 8 nitrogen and oxygen atoms in total. The average Bonchev–Trinajstić information content (AvgIpc) is 3.19. The van der Waals surface area contributed by atoms with Crippen molar-refractivity contribution >= 4 is 39.2 Å². The standard InChI is InChI=1S/C16H19NO7S2/c1-2-22-16(19)10-5-12(15-13(6-10)23-9-24-15)17-14(18)7-25-11-3-4-26(20,21)8-11/h5-6,11H,2-4,7-9H2,1H3,(H,17,18)/t11-/m1/s1. The van der Waals surface area contributed by atoms with Gasteiger partial charge >= 0.3 is 5.97 Å². The van der Waals surface area contributed by atoms with Crippen LogP contribution >= 0.6 is 11.8 Å². The van der Waals surface area contributed by atoms with Crippen molar-refractivity contribution in [1.29, 1.82) is 0 Å². The molecule has 2 heterocycles. The Morgan fingerprint density at radius 1 is 1.35 bits per heavy atom. The van der Waals surface area contributed by atoms with Gasteiger partial charge < -0.3 is 19.5 Å². The number of esters is 1. The molecule has 0 spiro atoms. The molecule has 0 saturated carbocycles. The molecule has 2 aliphatic rings. The molecule has 0 aliphatic carbocycles. The molecule has 1 amide bonds. The van der Waals surface area contributed by atoms with Crippen LogP contribution in [-0.2, 0) is 19.4 Å². The second kappa shape index (κ2) is 7.75. The Hall–Kier alpha value is -1.94. The summed E-state index contributed by atoms with van der Waals surface area (Å²) in [6.45, 7) is 1.93. The lowest BCUT2D eigenvalue weighted by Gasteiger charge is -2.11. The highest BCUT2D eigenvalue weighted by Gasteiger charge is 2.29. The van der Waals surface area contributed by atoms with E-state index in [9.17, 15) is 18.0 Å². The van der Waals surface area contributed by atoms with E-state index in [2.05, 4.69) is 5.32 Å². The molecule has 0 unspecified atom stereocenters.